The van der Waals surface area contributed by atoms with E-state index in [0.717, 1.165) is 21.8 Å². The number of para-hydroxylation sites is 1. The first-order chi connectivity index (χ1) is 13.2. The van der Waals surface area contributed by atoms with Gasteiger partial charge >= 0.3 is 0 Å². The maximum absolute atomic E-state index is 12.4. The molecule has 0 amide bonds. The van der Waals surface area contributed by atoms with E-state index in [4.69, 9.17) is 5.10 Å². The van der Waals surface area contributed by atoms with Crippen molar-refractivity contribution in [1.29, 1.82) is 0 Å². The molecule has 0 spiro atoms. The van der Waals surface area contributed by atoms with Crippen molar-refractivity contribution in [3.8, 4) is 22.0 Å². The number of aromatic nitrogens is 2. The predicted octanol–water partition coefficient (Wildman–Crippen LogP) is 5.20. The number of hydrogen-bond acceptors (Lipinski definition) is 4. The highest BCUT2D eigenvalue weighted by Crippen LogP contribution is 2.28. The summed E-state index contributed by atoms with van der Waals surface area (Å²) in [7, 11) is 0. The van der Waals surface area contributed by atoms with Crippen molar-refractivity contribution in [3.05, 3.63) is 95.5 Å². The van der Waals surface area contributed by atoms with Crippen molar-refractivity contribution >= 4 is 23.2 Å². The van der Waals surface area contributed by atoms with Crippen LogP contribution >= 0.6 is 11.3 Å². The number of phenolic OH excluding ortho intramolecular Hbond substituents is 1. The first-order valence-corrected chi connectivity index (χ1v) is 9.29. The second-order valence-corrected chi connectivity index (χ2v) is 6.88. The van der Waals surface area contributed by atoms with E-state index in [1.807, 2.05) is 58.7 Å². The van der Waals surface area contributed by atoms with Gasteiger partial charge in [-0.1, -0.05) is 24.3 Å². The molecule has 132 valence electrons. The summed E-state index contributed by atoms with van der Waals surface area (Å²) in [6, 6.07) is 20.1. The van der Waals surface area contributed by atoms with Crippen molar-refractivity contribution in [2.75, 3.05) is 0 Å². The molecule has 4 aromatic rings. The molecule has 2 heterocycles. The Morgan fingerprint density at radius 3 is 2.48 bits per heavy atom. The summed E-state index contributed by atoms with van der Waals surface area (Å²) in [6.45, 7) is 0. The first-order valence-electron chi connectivity index (χ1n) is 8.41. The van der Waals surface area contributed by atoms with E-state index >= 15 is 0 Å². The normalized spacial score (nSPS) is 11.1. The topological polar surface area (TPSA) is 55.1 Å². The standard InChI is InChI=1S/C22H16N2O2S/c25-19-11-8-16(9-12-19)20(26)13-10-17-15-24(18-5-2-1-3-6-18)23-22(17)21-7-4-14-27-21/h1-15,25H/b13-10+. The third-order valence-corrected chi connectivity index (χ3v) is 4.96. The third-order valence-electron chi connectivity index (χ3n) is 4.08. The van der Waals surface area contributed by atoms with E-state index in [2.05, 4.69) is 0 Å². The molecule has 2 aromatic carbocycles. The fourth-order valence-corrected chi connectivity index (χ4v) is 3.45. The second kappa shape index (κ2) is 7.43. The highest BCUT2D eigenvalue weighted by molar-refractivity contribution is 7.13. The Labute approximate surface area is 160 Å². The lowest BCUT2D eigenvalue weighted by Gasteiger charge is -1.99. The number of ketones is 1. The molecule has 4 rings (SSSR count). The molecule has 0 bridgehead atoms. The zero-order valence-corrected chi connectivity index (χ0v) is 15.1. The minimum atomic E-state index is -0.125. The van der Waals surface area contributed by atoms with Gasteiger partial charge in [0.05, 0.1) is 10.6 Å². The summed E-state index contributed by atoms with van der Waals surface area (Å²) < 4.78 is 1.82. The summed E-state index contributed by atoms with van der Waals surface area (Å²) >= 11 is 1.61. The molecule has 0 saturated heterocycles. The Hall–Kier alpha value is -3.44. The van der Waals surface area contributed by atoms with Gasteiger partial charge < -0.3 is 5.11 Å². The lowest BCUT2D eigenvalue weighted by molar-refractivity contribution is 0.104. The molecule has 0 saturated carbocycles. The maximum atomic E-state index is 12.4. The summed E-state index contributed by atoms with van der Waals surface area (Å²) in [5, 5.41) is 16.1. The smallest absolute Gasteiger partial charge is 0.185 e. The van der Waals surface area contributed by atoms with Gasteiger partial charge in [0.15, 0.2) is 5.78 Å². The van der Waals surface area contributed by atoms with Gasteiger partial charge in [-0.15, -0.1) is 11.3 Å². The van der Waals surface area contributed by atoms with E-state index in [1.54, 1.807) is 29.5 Å². The molecule has 0 radical (unpaired) electrons. The minimum Gasteiger partial charge on any atom is -0.508 e. The monoisotopic (exact) mass is 372 g/mol. The van der Waals surface area contributed by atoms with Gasteiger partial charge in [0, 0.05) is 17.3 Å². The van der Waals surface area contributed by atoms with Gasteiger partial charge in [0.25, 0.3) is 0 Å². The molecular weight excluding hydrogens is 356 g/mol. The fourth-order valence-electron chi connectivity index (χ4n) is 2.71. The lowest BCUT2D eigenvalue weighted by Crippen LogP contribution is -1.93. The second-order valence-electron chi connectivity index (χ2n) is 5.93. The van der Waals surface area contributed by atoms with Crippen LogP contribution in [0.5, 0.6) is 5.75 Å². The number of hydrogen-bond donors (Lipinski definition) is 1. The first kappa shape index (κ1) is 17.0. The molecule has 4 nitrogen and oxygen atoms in total. The average molecular weight is 372 g/mol. The van der Waals surface area contributed by atoms with Gasteiger partial charge in [0.2, 0.25) is 0 Å². The summed E-state index contributed by atoms with van der Waals surface area (Å²) in [5.74, 6) is 0.0132. The maximum Gasteiger partial charge on any atom is 0.185 e. The van der Waals surface area contributed by atoms with Gasteiger partial charge in [-0.2, -0.15) is 5.10 Å². The van der Waals surface area contributed by atoms with Crippen LogP contribution in [0.2, 0.25) is 0 Å². The molecule has 0 aliphatic carbocycles. The number of allylic oxidation sites excluding steroid dienone is 1. The number of benzene rings is 2. The Balaban J connectivity index is 1.69. The van der Waals surface area contributed by atoms with Gasteiger partial charge in [-0.3, -0.25) is 4.79 Å². The Morgan fingerprint density at radius 2 is 1.78 bits per heavy atom. The summed E-state index contributed by atoms with van der Waals surface area (Å²) in [6.07, 6.45) is 5.25. The van der Waals surface area contributed by atoms with E-state index in [0.29, 0.717) is 5.56 Å². The van der Waals surface area contributed by atoms with E-state index in [1.165, 1.54) is 18.2 Å². The van der Waals surface area contributed by atoms with Crippen LogP contribution in [0, 0.1) is 0 Å². The van der Waals surface area contributed by atoms with Crippen molar-refractivity contribution in [1.82, 2.24) is 9.78 Å². The molecule has 27 heavy (non-hydrogen) atoms. The van der Waals surface area contributed by atoms with Gasteiger partial charge in [-0.05, 0) is 60.0 Å². The largest absolute Gasteiger partial charge is 0.508 e. The van der Waals surface area contributed by atoms with Crippen LogP contribution in [0.1, 0.15) is 15.9 Å². The summed E-state index contributed by atoms with van der Waals surface area (Å²) in [4.78, 5) is 13.5. The lowest BCUT2D eigenvalue weighted by atomic mass is 10.1. The number of nitrogens with zero attached hydrogens (tertiary/aromatic N) is 2. The minimum absolute atomic E-state index is 0.125. The van der Waals surface area contributed by atoms with Crippen LogP contribution in [0.25, 0.3) is 22.3 Å². The number of phenols is 1. The van der Waals surface area contributed by atoms with Crippen LogP contribution in [0.15, 0.2) is 84.4 Å². The Kier molecular flexibility index (Phi) is 4.68. The molecule has 5 heteroatoms. The average Bonchev–Trinajstić information content (AvgIpc) is 3.37. The molecule has 0 aliphatic rings. The number of aromatic hydroxyl groups is 1. The van der Waals surface area contributed by atoms with Crippen LogP contribution in [0.4, 0.5) is 0 Å². The van der Waals surface area contributed by atoms with Crippen LogP contribution < -0.4 is 0 Å². The van der Waals surface area contributed by atoms with Crippen LogP contribution in [-0.4, -0.2) is 20.7 Å². The van der Waals surface area contributed by atoms with Crippen LogP contribution in [-0.2, 0) is 0 Å². The third kappa shape index (κ3) is 3.73. The number of carbonyl (C=O) groups excluding carboxylic acids is 1. The van der Waals surface area contributed by atoms with Crippen LogP contribution in [0.3, 0.4) is 0 Å². The number of carbonyl (C=O) groups is 1. The molecule has 0 fully saturated rings. The molecule has 1 N–H and O–H groups in total. The van der Waals surface area contributed by atoms with Crippen molar-refractivity contribution in [3.63, 3.8) is 0 Å². The van der Waals surface area contributed by atoms with E-state index in [-0.39, 0.29) is 11.5 Å². The molecule has 0 aliphatic heterocycles. The van der Waals surface area contributed by atoms with Crippen molar-refractivity contribution in [2.45, 2.75) is 0 Å². The van der Waals surface area contributed by atoms with Gasteiger partial charge in [-0.25, -0.2) is 4.68 Å². The SMILES string of the molecule is O=C(/C=C/c1cn(-c2ccccc2)nc1-c1cccs1)c1ccc(O)cc1. The molecule has 0 atom stereocenters. The number of thiophene rings is 1. The summed E-state index contributed by atoms with van der Waals surface area (Å²) in [5.41, 5.74) is 3.19. The highest BCUT2D eigenvalue weighted by atomic mass is 32.1. The van der Waals surface area contributed by atoms with Gasteiger partial charge in [0.1, 0.15) is 11.4 Å². The zero-order chi connectivity index (χ0) is 18.6. The predicted molar refractivity (Wildman–Crippen MR) is 108 cm³/mol. The zero-order valence-electron chi connectivity index (χ0n) is 14.3. The molecule has 0 unspecified atom stereocenters. The van der Waals surface area contributed by atoms with E-state index < -0.39 is 0 Å². The fraction of sp³-hybridized carbons (Fsp3) is 0. The molecule has 2 aromatic heterocycles. The Morgan fingerprint density at radius 1 is 1.00 bits per heavy atom. The molecular formula is C22H16N2O2S. The van der Waals surface area contributed by atoms with E-state index in [9.17, 15) is 9.90 Å². The quantitative estimate of drug-likeness (QED) is 0.387. The van der Waals surface area contributed by atoms with Crippen molar-refractivity contribution < 1.29 is 9.90 Å². The van der Waals surface area contributed by atoms with Crippen molar-refractivity contribution in [2.24, 2.45) is 0 Å². The Bertz CT molecular complexity index is 1080. The highest BCUT2D eigenvalue weighted by Gasteiger charge is 2.12. The number of rotatable bonds is 5.